The summed E-state index contributed by atoms with van der Waals surface area (Å²) in [6.07, 6.45) is 0. The highest BCUT2D eigenvalue weighted by Crippen LogP contribution is 2.29. The molecule has 0 aliphatic carbocycles. The van der Waals surface area contributed by atoms with E-state index < -0.39 is 6.61 Å². The first-order valence-electron chi connectivity index (χ1n) is 4.15. The number of hydrogen-bond donors (Lipinski definition) is 0. The summed E-state index contributed by atoms with van der Waals surface area (Å²) in [5.41, 5.74) is 0.585. The van der Waals surface area contributed by atoms with Crippen LogP contribution in [0.2, 0.25) is 0 Å². The van der Waals surface area contributed by atoms with E-state index in [1.165, 1.54) is 10.7 Å². The molecule has 0 radical (unpaired) electrons. The molecule has 1 aromatic carbocycles. The fourth-order valence-electron chi connectivity index (χ4n) is 1.45. The molecule has 1 aromatic heterocycles. The normalized spacial score (nSPS) is 11.3. The van der Waals surface area contributed by atoms with Crippen LogP contribution < -0.4 is 4.74 Å². The monoisotopic (exact) mass is 324 g/mol. The number of halogens is 3. The third kappa shape index (κ3) is 1.90. The number of hydrogen-bond acceptors (Lipinski definition) is 2. The highest BCUT2D eigenvalue weighted by molar-refractivity contribution is 14.1. The predicted octanol–water partition coefficient (Wildman–Crippen LogP) is 2.78. The largest absolute Gasteiger partial charge is 0.433 e. The quantitative estimate of drug-likeness (QED) is 0.795. The van der Waals surface area contributed by atoms with Crippen molar-refractivity contribution in [3.8, 4) is 5.75 Å². The summed E-state index contributed by atoms with van der Waals surface area (Å²) in [6.45, 7) is -2.82. The van der Waals surface area contributed by atoms with Crippen LogP contribution in [-0.2, 0) is 7.05 Å². The summed E-state index contributed by atoms with van der Waals surface area (Å²) in [5, 5.41) is 4.95. The van der Waals surface area contributed by atoms with Gasteiger partial charge < -0.3 is 4.74 Å². The third-order valence-electron chi connectivity index (χ3n) is 2.00. The van der Waals surface area contributed by atoms with Crippen molar-refractivity contribution in [1.82, 2.24) is 9.78 Å². The standard InChI is InChI=1S/C9H7F2IN2O/c1-14-7-5(8(12)13-14)3-2-4-6(7)15-9(10)11/h2-4,9H,1H3. The van der Waals surface area contributed by atoms with Crippen molar-refractivity contribution in [3.63, 3.8) is 0 Å². The SMILES string of the molecule is Cn1nc(I)c2cccc(OC(F)F)c21. The van der Waals surface area contributed by atoms with Gasteiger partial charge in [0.25, 0.3) is 0 Å². The molecule has 0 amide bonds. The molecule has 0 aliphatic rings. The van der Waals surface area contributed by atoms with Gasteiger partial charge in [-0.1, -0.05) is 6.07 Å². The Morgan fingerprint density at radius 2 is 2.20 bits per heavy atom. The van der Waals surface area contributed by atoms with Crippen LogP contribution in [0.4, 0.5) is 8.78 Å². The summed E-state index contributed by atoms with van der Waals surface area (Å²) in [4.78, 5) is 0. The van der Waals surface area contributed by atoms with E-state index in [9.17, 15) is 8.78 Å². The van der Waals surface area contributed by atoms with Gasteiger partial charge in [0.15, 0.2) is 5.75 Å². The molecule has 80 valence electrons. The molecule has 6 heteroatoms. The Labute approximate surface area is 98.2 Å². The van der Waals surface area contributed by atoms with Gasteiger partial charge in [-0.2, -0.15) is 13.9 Å². The number of benzene rings is 1. The molecule has 0 fully saturated rings. The summed E-state index contributed by atoms with van der Waals surface area (Å²) in [5.74, 6) is 0.153. The summed E-state index contributed by atoms with van der Waals surface area (Å²) < 4.78 is 31.0. The smallest absolute Gasteiger partial charge is 0.387 e. The van der Waals surface area contributed by atoms with E-state index in [0.717, 1.165) is 9.09 Å². The maximum absolute atomic E-state index is 12.1. The molecule has 0 saturated carbocycles. The Balaban J connectivity index is 2.64. The van der Waals surface area contributed by atoms with Gasteiger partial charge >= 0.3 is 6.61 Å². The fourth-order valence-corrected chi connectivity index (χ4v) is 2.21. The van der Waals surface area contributed by atoms with Crippen LogP contribution in [-0.4, -0.2) is 16.4 Å². The Morgan fingerprint density at radius 3 is 2.87 bits per heavy atom. The Bertz CT molecular complexity index is 498. The van der Waals surface area contributed by atoms with Gasteiger partial charge in [0.1, 0.15) is 9.22 Å². The van der Waals surface area contributed by atoms with E-state index >= 15 is 0 Å². The lowest BCUT2D eigenvalue weighted by molar-refractivity contribution is -0.0490. The molecular weight excluding hydrogens is 317 g/mol. The van der Waals surface area contributed by atoms with Crippen LogP contribution in [0.1, 0.15) is 0 Å². The number of nitrogens with zero attached hydrogens (tertiary/aromatic N) is 2. The minimum Gasteiger partial charge on any atom is -0.433 e. The number of fused-ring (bicyclic) bond motifs is 1. The molecule has 0 N–H and O–H groups in total. The fraction of sp³-hybridized carbons (Fsp3) is 0.222. The van der Waals surface area contributed by atoms with Crippen molar-refractivity contribution in [2.75, 3.05) is 0 Å². The van der Waals surface area contributed by atoms with Gasteiger partial charge in [-0.15, -0.1) is 0 Å². The first-order valence-corrected chi connectivity index (χ1v) is 5.23. The highest BCUT2D eigenvalue weighted by Gasteiger charge is 2.13. The molecule has 0 unspecified atom stereocenters. The highest BCUT2D eigenvalue weighted by atomic mass is 127. The van der Waals surface area contributed by atoms with Gasteiger partial charge in [0.05, 0.1) is 0 Å². The number of para-hydroxylation sites is 1. The van der Waals surface area contributed by atoms with E-state index in [1.54, 1.807) is 13.1 Å². The minimum atomic E-state index is -2.82. The molecule has 1 heterocycles. The van der Waals surface area contributed by atoms with E-state index in [2.05, 4.69) is 32.4 Å². The van der Waals surface area contributed by atoms with Crippen molar-refractivity contribution >= 4 is 33.5 Å². The lowest BCUT2D eigenvalue weighted by Crippen LogP contribution is -2.03. The molecule has 3 nitrogen and oxygen atoms in total. The average Bonchev–Trinajstić information content (AvgIpc) is 2.43. The van der Waals surface area contributed by atoms with Crippen LogP contribution >= 0.6 is 22.6 Å². The van der Waals surface area contributed by atoms with Crippen molar-refractivity contribution in [2.24, 2.45) is 7.05 Å². The lowest BCUT2D eigenvalue weighted by Gasteiger charge is -2.06. The van der Waals surface area contributed by atoms with E-state index in [4.69, 9.17) is 0 Å². The summed E-state index contributed by atoms with van der Waals surface area (Å²) >= 11 is 2.05. The van der Waals surface area contributed by atoms with Crippen molar-refractivity contribution < 1.29 is 13.5 Å². The molecular formula is C9H7F2IN2O. The van der Waals surface area contributed by atoms with Crippen molar-refractivity contribution in [2.45, 2.75) is 6.61 Å². The summed E-state index contributed by atoms with van der Waals surface area (Å²) in [7, 11) is 1.70. The Kier molecular flexibility index (Phi) is 2.76. The number of rotatable bonds is 2. The Morgan fingerprint density at radius 1 is 1.47 bits per heavy atom. The van der Waals surface area contributed by atoms with Crippen LogP contribution in [0.3, 0.4) is 0 Å². The van der Waals surface area contributed by atoms with E-state index in [1.807, 2.05) is 6.07 Å². The van der Waals surface area contributed by atoms with Gasteiger partial charge in [0, 0.05) is 12.4 Å². The second kappa shape index (κ2) is 3.92. The second-order valence-electron chi connectivity index (χ2n) is 2.95. The molecule has 2 rings (SSSR count). The first kappa shape index (κ1) is 10.6. The first-order chi connectivity index (χ1) is 7.09. The van der Waals surface area contributed by atoms with Crippen LogP contribution in [0, 0.1) is 3.70 Å². The molecule has 2 aromatic rings. The topological polar surface area (TPSA) is 27.1 Å². The zero-order valence-electron chi connectivity index (χ0n) is 7.75. The maximum atomic E-state index is 12.1. The number of ether oxygens (including phenoxy) is 1. The molecule has 0 aliphatic heterocycles. The lowest BCUT2D eigenvalue weighted by atomic mass is 10.2. The van der Waals surface area contributed by atoms with Crippen LogP contribution in [0.5, 0.6) is 5.75 Å². The third-order valence-corrected chi connectivity index (χ3v) is 2.80. The number of aryl methyl sites for hydroxylation is 1. The van der Waals surface area contributed by atoms with Crippen molar-refractivity contribution in [3.05, 3.63) is 21.9 Å². The van der Waals surface area contributed by atoms with Crippen molar-refractivity contribution in [1.29, 1.82) is 0 Å². The maximum Gasteiger partial charge on any atom is 0.387 e. The predicted molar refractivity (Wildman–Crippen MR) is 60.1 cm³/mol. The molecule has 0 bridgehead atoms. The van der Waals surface area contributed by atoms with E-state index in [0.29, 0.717) is 5.52 Å². The number of alkyl halides is 2. The minimum absolute atomic E-state index is 0.153. The zero-order chi connectivity index (χ0) is 11.0. The van der Waals surface area contributed by atoms with Gasteiger partial charge in [-0.3, -0.25) is 4.68 Å². The summed E-state index contributed by atoms with van der Waals surface area (Å²) in [6, 6.07) is 5.00. The Hall–Kier alpha value is -0.920. The van der Waals surface area contributed by atoms with Gasteiger partial charge in [-0.05, 0) is 34.7 Å². The van der Waals surface area contributed by atoms with Gasteiger partial charge in [-0.25, -0.2) is 0 Å². The zero-order valence-corrected chi connectivity index (χ0v) is 9.90. The van der Waals surface area contributed by atoms with E-state index in [-0.39, 0.29) is 5.75 Å². The molecule has 0 atom stereocenters. The molecule has 0 saturated heterocycles. The van der Waals surface area contributed by atoms with Crippen LogP contribution in [0.15, 0.2) is 18.2 Å². The number of aromatic nitrogens is 2. The average molecular weight is 324 g/mol. The second-order valence-corrected chi connectivity index (χ2v) is 3.97. The molecule has 0 spiro atoms. The van der Waals surface area contributed by atoms with Crippen LogP contribution in [0.25, 0.3) is 10.9 Å². The van der Waals surface area contributed by atoms with Gasteiger partial charge in [0.2, 0.25) is 0 Å². The molecule has 15 heavy (non-hydrogen) atoms.